The van der Waals surface area contributed by atoms with E-state index in [1.807, 2.05) is 30.3 Å². The number of nitrogens with two attached hydrogens (primary N) is 1. The van der Waals surface area contributed by atoms with Crippen LogP contribution in [0.5, 0.6) is 0 Å². The Morgan fingerprint density at radius 2 is 1.97 bits per heavy atom. The molecule has 0 amide bonds. The predicted octanol–water partition coefficient (Wildman–Crippen LogP) is 2.30. The van der Waals surface area contributed by atoms with Gasteiger partial charge in [-0.1, -0.05) is 18.2 Å². The summed E-state index contributed by atoms with van der Waals surface area (Å²) in [4.78, 5) is 21.2. The second kappa shape index (κ2) is 8.40. The third-order valence-electron chi connectivity index (χ3n) is 4.74. The van der Waals surface area contributed by atoms with Crippen molar-refractivity contribution in [1.29, 1.82) is 0 Å². The molecule has 0 saturated carbocycles. The molecule has 1 aromatic carbocycles. The number of aromatic nitrogens is 7. The molecule has 0 spiro atoms. The Balaban J connectivity index is 1.66. The molecule has 31 heavy (non-hydrogen) atoms. The summed E-state index contributed by atoms with van der Waals surface area (Å²) in [5.41, 5.74) is 7.70. The Bertz CT molecular complexity index is 1300. The third-order valence-corrected chi connectivity index (χ3v) is 4.74. The first kappa shape index (κ1) is 20.3. The predicted molar refractivity (Wildman–Crippen MR) is 109 cm³/mol. The Hall–Kier alpha value is -3.99. The van der Waals surface area contributed by atoms with E-state index in [9.17, 15) is 13.6 Å². The lowest BCUT2D eigenvalue weighted by atomic mass is 10.0. The maximum Gasteiger partial charge on any atom is 0.351 e. The van der Waals surface area contributed by atoms with Crippen molar-refractivity contribution in [2.75, 3.05) is 6.54 Å². The summed E-state index contributed by atoms with van der Waals surface area (Å²) in [5, 5.41) is 10.7. The highest BCUT2D eigenvalue weighted by Gasteiger charge is 2.14. The van der Waals surface area contributed by atoms with E-state index in [0.717, 1.165) is 21.4 Å². The van der Waals surface area contributed by atoms with Gasteiger partial charge in [-0.2, -0.15) is 19.0 Å². The number of aromatic amines is 1. The minimum absolute atomic E-state index is 0.348. The zero-order valence-corrected chi connectivity index (χ0v) is 16.5. The molecule has 3 aromatic heterocycles. The standard InChI is InChI=1S/C20H18F2N8O/c1-12-5-15(13-3-2-4-14(6-13)18-25-10-26-28-18)8-24-19(12)29-11-27-30(20(29)31)9-16(7-23)17(21)22/h2-6,8,10-11H,7,9,23H2,1H3,(H,25,26,28). The number of H-pyrrole nitrogens is 1. The van der Waals surface area contributed by atoms with E-state index < -0.39 is 11.8 Å². The Labute approximate surface area is 174 Å². The Kier molecular flexibility index (Phi) is 5.50. The SMILES string of the molecule is Cc1cc(-c2cccc(-c3nc[nH]n3)c2)cnc1-n1cnn(CC(CN)=C(F)F)c1=O. The van der Waals surface area contributed by atoms with Crippen LogP contribution in [0, 0.1) is 6.92 Å². The van der Waals surface area contributed by atoms with E-state index in [0.29, 0.717) is 17.2 Å². The second-order valence-corrected chi connectivity index (χ2v) is 6.78. The summed E-state index contributed by atoms with van der Waals surface area (Å²) in [6.07, 6.45) is 2.49. The lowest BCUT2D eigenvalue weighted by Gasteiger charge is -2.08. The summed E-state index contributed by atoms with van der Waals surface area (Å²) in [7, 11) is 0. The molecule has 9 nitrogen and oxygen atoms in total. The van der Waals surface area contributed by atoms with Gasteiger partial charge in [0.15, 0.2) is 5.82 Å². The molecule has 3 N–H and O–H groups in total. The monoisotopic (exact) mass is 424 g/mol. The number of nitrogens with one attached hydrogen (secondary N) is 1. The van der Waals surface area contributed by atoms with Gasteiger partial charge >= 0.3 is 5.69 Å². The summed E-state index contributed by atoms with van der Waals surface area (Å²) >= 11 is 0. The van der Waals surface area contributed by atoms with Gasteiger partial charge in [0.2, 0.25) is 0 Å². The van der Waals surface area contributed by atoms with Gasteiger partial charge in [0.05, 0.1) is 6.54 Å². The van der Waals surface area contributed by atoms with Crippen LogP contribution in [-0.2, 0) is 6.54 Å². The van der Waals surface area contributed by atoms with Crippen LogP contribution in [0.1, 0.15) is 5.56 Å². The van der Waals surface area contributed by atoms with E-state index in [1.165, 1.54) is 17.2 Å². The first-order valence-electron chi connectivity index (χ1n) is 9.29. The topological polar surface area (TPSA) is 120 Å². The first-order chi connectivity index (χ1) is 15.0. The van der Waals surface area contributed by atoms with Gasteiger partial charge in [-0.25, -0.2) is 24.0 Å². The maximum atomic E-state index is 12.9. The van der Waals surface area contributed by atoms with Crippen LogP contribution in [0.25, 0.3) is 28.3 Å². The van der Waals surface area contributed by atoms with Crippen molar-refractivity contribution < 1.29 is 8.78 Å². The van der Waals surface area contributed by atoms with Crippen LogP contribution >= 0.6 is 0 Å². The molecule has 4 rings (SSSR count). The first-order valence-corrected chi connectivity index (χ1v) is 9.29. The molecular formula is C20H18F2N8O. The lowest BCUT2D eigenvalue weighted by Crippen LogP contribution is -2.27. The number of aryl methyl sites for hydroxylation is 1. The van der Waals surface area contributed by atoms with Crippen LogP contribution < -0.4 is 11.4 Å². The average molecular weight is 424 g/mol. The van der Waals surface area contributed by atoms with E-state index in [1.54, 1.807) is 13.1 Å². The molecule has 0 aliphatic rings. The fraction of sp³-hybridized carbons (Fsp3) is 0.150. The summed E-state index contributed by atoms with van der Waals surface area (Å²) in [6, 6.07) is 9.55. The summed E-state index contributed by atoms with van der Waals surface area (Å²) < 4.78 is 27.9. The normalized spacial score (nSPS) is 11.0. The van der Waals surface area contributed by atoms with Crippen molar-refractivity contribution >= 4 is 0 Å². The number of halogens is 2. The van der Waals surface area contributed by atoms with Crippen molar-refractivity contribution in [2.24, 2.45) is 5.73 Å². The zero-order chi connectivity index (χ0) is 22.0. The zero-order valence-electron chi connectivity index (χ0n) is 16.5. The molecule has 0 fully saturated rings. The fourth-order valence-corrected chi connectivity index (χ4v) is 3.14. The van der Waals surface area contributed by atoms with Crippen LogP contribution in [0.4, 0.5) is 8.78 Å². The maximum absolute atomic E-state index is 12.9. The third kappa shape index (κ3) is 4.03. The second-order valence-electron chi connectivity index (χ2n) is 6.78. The number of nitrogens with zero attached hydrogens (tertiary/aromatic N) is 6. The molecule has 0 aliphatic heterocycles. The highest BCUT2D eigenvalue weighted by atomic mass is 19.3. The molecule has 0 bridgehead atoms. The van der Waals surface area contributed by atoms with Gasteiger partial charge in [0.1, 0.15) is 18.5 Å². The van der Waals surface area contributed by atoms with Crippen molar-refractivity contribution in [3.63, 3.8) is 0 Å². The van der Waals surface area contributed by atoms with Gasteiger partial charge in [-0.3, -0.25) is 5.10 Å². The fourth-order valence-electron chi connectivity index (χ4n) is 3.14. The van der Waals surface area contributed by atoms with Gasteiger partial charge in [0, 0.05) is 29.4 Å². The van der Waals surface area contributed by atoms with E-state index in [2.05, 4.69) is 25.3 Å². The Morgan fingerprint density at radius 3 is 2.65 bits per heavy atom. The molecule has 3 heterocycles. The smallest absolute Gasteiger partial charge is 0.327 e. The number of pyridine rings is 1. The quantitative estimate of drug-likeness (QED) is 0.490. The molecule has 0 radical (unpaired) electrons. The largest absolute Gasteiger partial charge is 0.351 e. The van der Waals surface area contributed by atoms with Gasteiger partial charge in [0.25, 0.3) is 6.08 Å². The number of benzene rings is 1. The Morgan fingerprint density at radius 1 is 1.16 bits per heavy atom. The summed E-state index contributed by atoms with van der Waals surface area (Å²) in [5.74, 6) is 0.946. The molecular weight excluding hydrogens is 406 g/mol. The van der Waals surface area contributed by atoms with E-state index in [-0.39, 0.29) is 18.7 Å². The van der Waals surface area contributed by atoms with Gasteiger partial charge < -0.3 is 5.73 Å². The highest BCUT2D eigenvalue weighted by molar-refractivity contribution is 5.70. The highest BCUT2D eigenvalue weighted by Crippen LogP contribution is 2.25. The minimum atomic E-state index is -1.91. The molecule has 0 aliphatic carbocycles. The molecule has 11 heteroatoms. The van der Waals surface area contributed by atoms with Gasteiger partial charge in [-0.05, 0) is 30.2 Å². The van der Waals surface area contributed by atoms with Crippen molar-refractivity contribution in [3.8, 4) is 28.3 Å². The number of hydrogen-bond acceptors (Lipinski definition) is 6. The molecule has 0 saturated heterocycles. The minimum Gasteiger partial charge on any atom is -0.327 e. The average Bonchev–Trinajstić information content (AvgIpc) is 3.42. The van der Waals surface area contributed by atoms with Crippen molar-refractivity contribution in [1.82, 2.24) is 34.5 Å². The number of hydrogen-bond donors (Lipinski definition) is 2. The van der Waals surface area contributed by atoms with Crippen LogP contribution in [0.15, 0.2) is 65.6 Å². The van der Waals surface area contributed by atoms with Crippen LogP contribution in [0.2, 0.25) is 0 Å². The lowest BCUT2D eigenvalue weighted by molar-refractivity contribution is 0.400. The summed E-state index contributed by atoms with van der Waals surface area (Å²) in [6.45, 7) is 1.07. The molecule has 158 valence electrons. The van der Waals surface area contributed by atoms with Crippen molar-refractivity contribution in [3.05, 3.63) is 76.9 Å². The van der Waals surface area contributed by atoms with E-state index >= 15 is 0 Å². The molecule has 4 aromatic rings. The van der Waals surface area contributed by atoms with E-state index in [4.69, 9.17) is 5.73 Å². The van der Waals surface area contributed by atoms with Crippen LogP contribution in [0.3, 0.4) is 0 Å². The van der Waals surface area contributed by atoms with Gasteiger partial charge in [-0.15, -0.1) is 0 Å². The molecule has 0 unspecified atom stereocenters. The molecule has 0 atom stereocenters. The van der Waals surface area contributed by atoms with Crippen molar-refractivity contribution in [2.45, 2.75) is 13.5 Å². The van der Waals surface area contributed by atoms with Crippen LogP contribution in [-0.4, -0.2) is 41.1 Å². The number of rotatable bonds is 6.